The van der Waals surface area contributed by atoms with Gasteiger partial charge in [-0.3, -0.25) is 4.79 Å². The molecule has 0 spiro atoms. The van der Waals surface area contributed by atoms with Crippen LogP contribution in [-0.4, -0.2) is 17.5 Å². The van der Waals surface area contributed by atoms with Crippen molar-refractivity contribution in [1.29, 1.82) is 0 Å². The third-order valence-corrected chi connectivity index (χ3v) is 3.82. The van der Waals surface area contributed by atoms with Gasteiger partial charge in [0.15, 0.2) is 17.4 Å². The number of halogens is 4. The third kappa shape index (κ3) is 4.23. The SMILES string of the molecule is O=C(CCCO)c1ccc(F)c(F)c1Nc1ccc(I)cc1F. The molecule has 0 aromatic heterocycles. The maximum absolute atomic E-state index is 14.1. The van der Waals surface area contributed by atoms with E-state index in [0.717, 1.165) is 12.1 Å². The van der Waals surface area contributed by atoms with E-state index in [1.54, 1.807) is 6.07 Å². The van der Waals surface area contributed by atoms with Crippen LogP contribution in [0, 0.1) is 21.0 Å². The average molecular weight is 435 g/mol. The van der Waals surface area contributed by atoms with Crippen LogP contribution in [0.5, 0.6) is 0 Å². The molecule has 0 bridgehead atoms. The summed E-state index contributed by atoms with van der Waals surface area (Å²) >= 11 is 1.92. The van der Waals surface area contributed by atoms with Crippen LogP contribution < -0.4 is 5.32 Å². The lowest BCUT2D eigenvalue weighted by Crippen LogP contribution is -2.09. The molecule has 0 heterocycles. The van der Waals surface area contributed by atoms with Crippen LogP contribution in [0.2, 0.25) is 0 Å². The molecule has 0 aliphatic carbocycles. The van der Waals surface area contributed by atoms with Crippen molar-refractivity contribution in [1.82, 2.24) is 0 Å². The molecule has 23 heavy (non-hydrogen) atoms. The Hall–Kier alpha value is -1.61. The quantitative estimate of drug-likeness (QED) is 0.523. The zero-order chi connectivity index (χ0) is 17.0. The number of ketones is 1. The second-order valence-electron chi connectivity index (χ2n) is 4.78. The van der Waals surface area contributed by atoms with Crippen molar-refractivity contribution in [3.63, 3.8) is 0 Å². The van der Waals surface area contributed by atoms with Crippen molar-refractivity contribution in [2.45, 2.75) is 12.8 Å². The fourth-order valence-electron chi connectivity index (χ4n) is 2.01. The lowest BCUT2D eigenvalue weighted by atomic mass is 10.0. The van der Waals surface area contributed by atoms with Gasteiger partial charge in [-0.25, -0.2) is 13.2 Å². The highest BCUT2D eigenvalue weighted by molar-refractivity contribution is 14.1. The summed E-state index contributed by atoms with van der Waals surface area (Å²) in [5.74, 6) is -3.50. The maximum atomic E-state index is 14.1. The van der Waals surface area contributed by atoms with Crippen LogP contribution in [-0.2, 0) is 0 Å². The molecule has 3 nitrogen and oxygen atoms in total. The molecule has 0 saturated heterocycles. The molecule has 0 aliphatic rings. The van der Waals surface area contributed by atoms with E-state index in [4.69, 9.17) is 5.11 Å². The van der Waals surface area contributed by atoms with E-state index >= 15 is 0 Å². The molecule has 2 aromatic carbocycles. The number of rotatable bonds is 6. The Bertz CT molecular complexity index is 738. The highest BCUT2D eigenvalue weighted by atomic mass is 127. The van der Waals surface area contributed by atoms with Crippen molar-refractivity contribution < 1.29 is 23.1 Å². The van der Waals surface area contributed by atoms with Crippen molar-refractivity contribution in [3.8, 4) is 0 Å². The zero-order valence-corrected chi connectivity index (χ0v) is 14.0. The number of Topliss-reactive ketones (excluding diaryl/α,β-unsaturated/α-hetero) is 1. The fraction of sp³-hybridized carbons (Fsp3) is 0.188. The second-order valence-corrected chi connectivity index (χ2v) is 6.03. The van der Waals surface area contributed by atoms with Gasteiger partial charge in [-0.15, -0.1) is 0 Å². The Kier molecular flexibility index (Phi) is 6.00. The topological polar surface area (TPSA) is 49.3 Å². The number of anilines is 2. The van der Waals surface area contributed by atoms with Crippen molar-refractivity contribution in [2.24, 2.45) is 0 Å². The molecule has 0 fully saturated rings. The van der Waals surface area contributed by atoms with E-state index in [1.807, 2.05) is 22.6 Å². The Balaban J connectivity index is 2.43. The standard InChI is InChI=1S/C16H13F3INO2/c17-11-5-4-10(14(23)2-1-7-22)16(15(11)19)21-13-6-3-9(20)8-12(13)18/h3-6,8,21-22H,1-2,7H2. The first-order valence-electron chi connectivity index (χ1n) is 6.78. The normalized spacial score (nSPS) is 10.7. The molecule has 2 N–H and O–H groups in total. The summed E-state index contributed by atoms with van der Waals surface area (Å²) in [6, 6.07) is 6.19. The first-order valence-corrected chi connectivity index (χ1v) is 7.86. The Morgan fingerprint density at radius 1 is 1.13 bits per heavy atom. The molecule has 7 heteroatoms. The Morgan fingerprint density at radius 3 is 2.52 bits per heavy atom. The summed E-state index contributed by atoms with van der Waals surface area (Å²) in [4.78, 5) is 12.1. The van der Waals surface area contributed by atoms with E-state index in [1.165, 1.54) is 12.1 Å². The first-order chi connectivity index (χ1) is 10.9. The molecule has 122 valence electrons. The van der Waals surface area contributed by atoms with Gasteiger partial charge in [0.05, 0.1) is 11.4 Å². The monoisotopic (exact) mass is 435 g/mol. The van der Waals surface area contributed by atoms with Crippen LogP contribution in [0.4, 0.5) is 24.5 Å². The fourth-order valence-corrected chi connectivity index (χ4v) is 2.46. The van der Waals surface area contributed by atoms with Gasteiger partial charge in [0.2, 0.25) is 0 Å². The van der Waals surface area contributed by atoms with Crippen LogP contribution in [0.25, 0.3) is 0 Å². The molecule has 0 saturated carbocycles. The maximum Gasteiger partial charge on any atom is 0.182 e. The van der Waals surface area contributed by atoms with Crippen LogP contribution >= 0.6 is 22.6 Å². The van der Waals surface area contributed by atoms with Gasteiger partial charge in [-0.2, -0.15) is 0 Å². The van der Waals surface area contributed by atoms with E-state index in [0.29, 0.717) is 3.57 Å². The van der Waals surface area contributed by atoms with Crippen molar-refractivity contribution >= 4 is 39.7 Å². The summed E-state index contributed by atoms with van der Waals surface area (Å²) in [6.45, 7) is -0.191. The van der Waals surface area contributed by atoms with Gasteiger partial charge in [0.1, 0.15) is 5.82 Å². The lowest BCUT2D eigenvalue weighted by molar-refractivity contribution is 0.0971. The van der Waals surface area contributed by atoms with E-state index < -0.39 is 28.9 Å². The first kappa shape index (κ1) is 17.7. The molecule has 0 unspecified atom stereocenters. The number of aliphatic hydroxyl groups excluding tert-OH is 1. The van der Waals surface area contributed by atoms with Gasteiger partial charge in [-0.1, -0.05) is 0 Å². The molecule has 0 atom stereocenters. The minimum atomic E-state index is -1.25. The van der Waals surface area contributed by atoms with Gasteiger partial charge in [0.25, 0.3) is 0 Å². The summed E-state index contributed by atoms with van der Waals surface area (Å²) in [7, 11) is 0. The highest BCUT2D eigenvalue weighted by Gasteiger charge is 2.19. The van der Waals surface area contributed by atoms with Gasteiger partial charge < -0.3 is 10.4 Å². The molecular formula is C16H13F3INO2. The van der Waals surface area contributed by atoms with Crippen LogP contribution in [0.15, 0.2) is 30.3 Å². The number of hydrogen-bond acceptors (Lipinski definition) is 3. The van der Waals surface area contributed by atoms with E-state index in [-0.39, 0.29) is 30.7 Å². The average Bonchev–Trinajstić information content (AvgIpc) is 2.52. The van der Waals surface area contributed by atoms with Gasteiger partial charge in [-0.05, 0) is 59.3 Å². The predicted octanol–water partition coefficient (Wildman–Crippen LogP) is 4.41. The van der Waals surface area contributed by atoms with Gasteiger partial charge in [0, 0.05) is 22.2 Å². The molecule has 0 amide bonds. The number of benzene rings is 2. The minimum absolute atomic E-state index is 0.0224. The number of aliphatic hydroxyl groups is 1. The lowest BCUT2D eigenvalue weighted by Gasteiger charge is -2.14. The zero-order valence-electron chi connectivity index (χ0n) is 11.9. The second kappa shape index (κ2) is 7.78. The van der Waals surface area contributed by atoms with Gasteiger partial charge >= 0.3 is 0 Å². The number of carbonyl (C=O) groups excluding carboxylic acids is 1. The summed E-state index contributed by atoms with van der Waals surface area (Å²) in [5, 5.41) is 11.2. The summed E-state index contributed by atoms with van der Waals surface area (Å²) < 4.78 is 42.1. The highest BCUT2D eigenvalue weighted by Crippen LogP contribution is 2.29. The van der Waals surface area contributed by atoms with Crippen molar-refractivity contribution in [2.75, 3.05) is 11.9 Å². The molecule has 0 aliphatic heterocycles. The number of hydrogen-bond donors (Lipinski definition) is 2. The van der Waals surface area contributed by atoms with E-state index in [2.05, 4.69) is 5.32 Å². The predicted molar refractivity (Wildman–Crippen MR) is 89.4 cm³/mol. The summed E-state index contributed by atoms with van der Waals surface area (Å²) in [6.07, 6.45) is 0.181. The minimum Gasteiger partial charge on any atom is -0.396 e. The molecule has 0 radical (unpaired) electrons. The molecule has 2 rings (SSSR count). The Morgan fingerprint density at radius 2 is 1.87 bits per heavy atom. The smallest absolute Gasteiger partial charge is 0.182 e. The third-order valence-electron chi connectivity index (χ3n) is 3.15. The summed E-state index contributed by atoms with van der Waals surface area (Å²) in [5.41, 5.74) is -0.561. The van der Waals surface area contributed by atoms with Crippen LogP contribution in [0.1, 0.15) is 23.2 Å². The largest absolute Gasteiger partial charge is 0.396 e. The van der Waals surface area contributed by atoms with E-state index in [9.17, 15) is 18.0 Å². The molecular weight excluding hydrogens is 422 g/mol. The molecule has 2 aromatic rings. The van der Waals surface area contributed by atoms with Crippen LogP contribution in [0.3, 0.4) is 0 Å². The van der Waals surface area contributed by atoms with Crippen molar-refractivity contribution in [3.05, 3.63) is 56.9 Å². The number of carbonyl (C=O) groups is 1. The Labute approximate surface area is 144 Å². The number of nitrogens with one attached hydrogen (secondary N) is 1.